The Kier molecular flexibility index (Phi) is 4.42. The first-order valence-corrected chi connectivity index (χ1v) is 7.48. The summed E-state index contributed by atoms with van der Waals surface area (Å²) in [7, 11) is 0. The van der Waals surface area contributed by atoms with Gasteiger partial charge in [0.1, 0.15) is 0 Å². The summed E-state index contributed by atoms with van der Waals surface area (Å²) in [5, 5.41) is 9.73. The number of hydrogen-bond acceptors (Lipinski definition) is 4. The normalized spacial score (nSPS) is 22.7. The third kappa shape index (κ3) is 3.19. The van der Waals surface area contributed by atoms with Gasteiger partial charge in [-0.05, 0) is 25.2 Å². The third-order valence-corrected chi connectivity index (χ3v) is 4.30. The minimum atomic E-state index is -1.02. The van der Waals surface area contributed by atoms with E-state index in [1.54, 1.807) is 0 Å². The number of H-pyrrole nitrogens is 1. The van der Waals surface area contributed by atoms with Crippen molar-refractivity contribution in [3.05, 3.63) is 28.3 Å². The second-order valence-electron chi connectivity index (χ2n) is 6.69. The average molecular weight is 318 g/mol. The van der Waals surface area contributed by atoms with Gasteiger partial charge >= 0.3 is 11.7 Å². The van der Waals surface area contributed by atoms with E-state index in [2.05, 4.69) is 17.0 Å². The van der Waals surface area contributed by atoms with Gasteiger partial charge in [0.15, 0.2) is 6.23 Å². The van der Waals surface area contributed by atoms with Crippen LogP contribution in [0.25, 0.3) is 0 Å². The van der Waals surface area contributed by atoms with Gasteiger partial charge in [-0.15, -0.1) is 12.3 Å². The van der Waals surface area contributed by atoms with Gasteiger partial charge in [0.05, 0.1) is 18.5 Å². The quantitative estimate of drug-likeness (QED) is 0.495. The number of carbonyl (C=O) groups excluding carboxylic acids is 1. The first-order valence-electron chi connectivity index (χ1n) is 7.48. The molecule has 6 nitrogen and oxygen atoms in total. The molecule has 0 amide bonds. The number of allylic oxidation sites excluding steroid dienone is 2. The average Bonchev–Trinajstić information content (AvgIpc) is 2.78. The molecule has 1 saturated carbocycles. The van der Waals surface area contributed by atoms with Crippen molar-refractivity contribution in [3.8, 4) is 18.2 Å². The first kappa shape index (κ1) is 16.9. The summed E-state index contributed by atoms with van der Waals surface area (Å²) in [5.41, 5.74) is 0.365. The van der Waals surface area contributed by atoms with Gasteiger partial charge in [0.25, 0.3) is 0 Å². The molecule has 1 aliphatic rings. The maximum Gasteiger partial charge on any atom is 0.331 e. The van der Waals surface area contributed by atoms with Crippen molar-refractivity contribution in [2.75, 3.05) is 0 Å². The van der Waals surface area contributed by atoms with Crippen LogP contribution in [-0.4, -0.2) is 20.6 Å². The highest BCUT2D eigenvalue weighted by atomic mass is 16.6. The van der Waals surface area contributed by atoms with Crippen LogP contribution in [0.15, 0.2) is 22.6 Å². The number of terminal acetylenes is 1. The molecule has 23 heavy (non-hydrogen) atoms. The number of aromatic amines is 1. The maximum atomic E-state index is 12.5. The number of aromatic nitrogens is 2. The molecule has 2 N–H and O–H groups in total. The van der Waals surface area contributed by atoms with Crippen LogP contribution in [0.5, 0.6) is 5.88 Å². The molecule has 6 heteroatoms. The molecule has 3 atom stereocenters. The summed E-state index contributed by atoms with van der Waals surface area (Å²) >= 11 is 0. The number of carbonyl (C=O) groups is 1. The molecule has 0 aliphatic heterocycles. The van der Waals surface area contributed by atoms with E-state index in [-0.39, 0.29) is 29.6 Å². The Balaban J connectivity index is 2.19. The van der Waals surface area contributed by atoms with Gasteiger partial charge in [-0.2, -0.15) is 0 Å². The smallest absolute Gasteiger partial charge is 0.331 e. The first-order chi connectivity index (χ1) is 10.7. The van der Waals surface area contributed by atoms with Crippen molar-refractivity contribution in [1.29, 1.82) is 0 Å². The lowest BCUT2D eigenvalue weighted by atomic mass is 10.1. The van der Waals surface area contributed by atoms with E-state index < -0.39 is 17.9 Å². The van der Waals surface area contributed by atoms with Crippen molar-refractivity contribution in [2.45, 2.75) is 40.3 Å². The van der Waals surface area contributed by atoms with Crippen LogP contribution >= 0.6 is 0 Å². The van der Waals surface area contributed by atoms with E-state index >= 15 is 0 Å². The molecule has 0 saturated heterocycles. The lowest BCUT2D eigenvalue weighted by Gasteiger charge is -2.17. The molecular weight excluding hydrogens is 296 g/mol. The molecular formula is C17H22N2O4. The Morgan fingerprint density at radius 1 is 1.61 bits per heavy atom. The largest absolute Gasteiger partial charge is 0.493 e. The predicted molar refractivity (Wildman–Crippen MR) is 85.5 cm³/mol. The van der Waals surface area contributed by atoms with E-state index in [1.807, 2.05) is 27.7 Å². The van der Waals surface area contributed by atoms with Crippen LogP contribution in [0.1, 0.15) is 40.3 Å². The summed E-state index contributed by atoms with van der Waals surface area (Å²) in [6, 6.07) is 0. The Labute approximate surface area is 135 Å². The van der Waals surface area contributed by atoms with Crippen LogP contribution in [-0.2, 0) is 9.53 Å². The van der Waals surface area contributed by atoms with Crippen LogP contribution in [0.2, 0.25) is 0 Å². The number of nitrogens with one attached hydrogen (secondary N) is 1. The number of esters is 1. The van der Waals surface area contributed by atoms with Gasteiger partial charge < -0.3 is 14.8 Å². The molecule has 0 radical (unpaired) electrons. The Hall–Kier alpha value is -2.42. The zero-order valence-electron chi connectivity index (χ0n) is 13.8. The molecule has 1 aliphatic carbocycles. The number of rotatable bonds is 5. The Morgan fingerprint density at radius 2 is 2.26 bits per heavy atom. The van der Waals surface area contributed by atoms with Crippen molar-refractivity contribution in [2.24, 2.45) is 17.3 Å². The highest BCUT2D eigenvalue weighted by Gasteiger charge is 2.61. The molecule has 1 heterocycles. The molecule has 1 aromatic heterocycles. The number of nitrogens with zero attached hydrogens (tertiary/aromatic N) is 1. The van der Waals surface area contributed by atoms with Crippen LogP contribution in [0, 0.1) is 29.6 Å². The minimum Gasteiger partial charge on any atom is -0.493 e. The second-order valence-corrected chi connectivity index (χ2v) is 6.69. The zero-order chi connectivity index (χ0) is 17.4. The molecule has 124 valence electrons. The summed E-state index contributed by atoms with van der Waals surface area (Å²) in [4.78, 5) is 26.6. The minimum absolute atomic E-state index is 0.00246. The number of imidazole rings is 1. The topological polar surface area (TPSA) is 84.3 Å². The van der Waals surface area contributed by atoms with Crippen molar-refractivity contribution in [1.82, 2.24) is 9.55 Å². The van der Waals surface area contributed by atoms with Crippen LogP contribution in [0.4, 0.5) is 0 Å². The van der Waals surface area contributed by atoms with Crippen molar-refractivity contribution in [3.63, 3.8) is 0 Å². The standard InChI is InChI=1S/C17H22N2O4/c1-6-7-13(19-12(20)9-18-16(19)22)23-15(21)14-11(8-10(2)3)17(14,4)5/h1,8-9,11,13-14,20H,7H2,2-5H3,(H,18,22). The molecule has 3 unspecified atom stereocenters. The SMILES string of the molecule is C#CCC(OC(=O)C1C(C=C(C)C)C1(C)C)n1c(O)c[nH]c1=O. The molecule has 1 fully saturated rings. The fraction of sp³-hybridized carbons (Fsp3) is 0.529. The highest BCUT2D eigenvalue weighted by Crippen LogP contribution is 2.60. The maximum absolute atomic E-state index is 12.5. The van der Waals surface area contributed by atoms with Gasteiger partial charge in [-0.1, -0.05) is 25.5 Å². The lowest BCUT2D eigenvalue weighted by molar-refractivity contribution is -0.156. The van der Waals surface area contributed by atoms with Crippen LogP contribution in [0.3, 0.4) is 0 Å². The lowest BCUT2D eigenvalue weighted by Crippen LogP contribution is -2.27. The van der Waals surface area contributed by atoms with Crippen LogP contribution < -0.4 is 5.69 Å². The fourth-order valence-electron chi connectivity index (χ4n) is 2.94. The zero-order valence-corrected chi connectivity index (χ0v) is 13.8. The Morgan fingerprint density at radius 3 is 2.74 bits per heavy atom. The van der Waals surface area contributed by atoms with E-state index in [4.69, 9.17) is 11.2 Å². The fourth-order valence-corrected chi connectivity index (χ4v) is 2.94. The third-order valence-electron chi connectivity index (χ3n) is 4.30. The molecule has 2 rings (SSSR count). The van der Waals surface area contributed by atoms with E-state index in [9.17, 15) is 14.7 Å². The summed E-state index contributed by atoms with van der Waals surface area (Å²) in [5.74, 6) is 1.45. The number of ether oxygens (including phenoxy) is 1. The van der Waals surface area contributed by atoms with E-state index in [0.29, 0.717) is 0 Å². The highest BCUT2D eigenvalue weighted by molar-refractivity contribution is 5.78. The summed E-state index contributed by atoms with van der Waals surface area (Å²) < 4.78 is 6.39. The summed E-state index contributed by atoms with van der Waals surface area (Å²) in [6.45, 7) is 7.96. The summed E-state index contributed by atoms with van der Waals surface area (Å²) in [6.07, 6.45) is 7.46. The second kappa shape index (κ2) is 5.99. The number of hydrogen-bond donors (Lipinski definition) is 2. The van der Waals surface area contributed by atoms with E-state index in [1.165, 1.54) is 0 Å². The monoisotopic (exact) mass is 318 g/mol. The number of aromatic hydroxyl groups is 1. The van der Waals surface area contributed by atoms with Gasteiger partial charge in [-0.3, -0.25) is 4.79 Å². The van der Waals surface area contributed by atoms with Crippen molar-refractivity contribution >= 4 is 5.97 Å². The van der Waals surface area contributed by atoms with Crippen molar-refractivity contribution < 1.29 is 14.6 Å². The van der Waals surface area contributed by atoms with Gasteiger partial charge in [0, 0.05) is 0 Å². The van der Waals surface area contributed by atoms with E-state index in [0.717, 1.165) is 16.3 Å². The van der Waals surface area contributed by atoms with Gasteiger partial charge in [-0.25, -0.2) is 9.36 Å². The Bertz CT molecular complexity index is 729. The molecule has 0 spiro atoms. The molecule has 1 aromatic rings. The molecule has 0 aromatic carbocycles. The van der Waals surface area contributed by atoms with Gasteiger partial charge in [0.2, 0.25) is 5.88 Å². The predicted octanol–water partition coefficient (Wildman–Crippen LogP) is 2.19. The molecule has 0 bridgehead atoms.